The van der Waals surface area contributed by atoms with E-state index < -0.39 is 23.6 Å². The van der Waals surface area contributed by atoms with Gasteiger partial charge in [-0.1, -0.05) is 0 Å². The molecule has 0 saturated carbocycles. The molecular weight excluding hydrogens is 318 g/mol. The fourth-order valence-electron chi connectivity index (χ4n) is 1.36. The lowest BCUT2D eigenvalue weighted by Gasteiger charge is -2.31. The van der Waals surface area contributed by atoms with Gasteiger partial charge in [0.1, 0.15) is 0 Å². The zero-order chi connectivity index (χ0) is 14.0. The second kappa shape index (κ2) is 5.04. The average molecular weight is 328 g/mol. The molecule has 0 atom stereocenters. The molecule has 100 valence electrons. The quantitative estimate of drug-likeness (QED) is 0.463. The molecule has 19 heavy (non-hydrogen) atoms. The summed E-state index contributed by atoms with van der Waals surface area (Å²) in [5.74, 6) is -3.72. The molecule has 2 heterocycles. The maximum atomic E-state index is 11.6. The normalized spacial score (nSPS) is 19.3. The Morgan fingerprint density at radius 1 is 1.26 bits per heavy atom. The van der Waals surface area contributed by atoms with Crippen molar-refractivity contribution in [2.75, 3.05) is 0 Å². The van der Waals surface area contributed by atoms with Crippen molar-refractivity contribution in [3.8, 4) is 0 Å². The maximum Gasteiger partial charge on any atom is 0.329 e. The van der Waals surface area contributed by atoms with E-state index in [2.05, 4.69) is 30.9 Å². The molecule has 1 aromatic rings. The summed E-state index contributed by atoms with van der Waals surface area (Å²) < 4.78 is 10.6. The molecule has 0 aliphatic carbocycles. The lowest BCUT2D eigenvalue weighted by molar-refractivity contribution is -0.235. The number of aromatic nitrogens is 2. The minimum atomic E-state index is -1.24. The second-order valence-corrected chi connectivity index (χ2v) is 5.11. The molecule has 2 rings (SSSR count). The van der Waals surface area contributed by atoms with Crippen LogP contribution in [0.2, 0.25) is 0 Å². The summed E-state index contributed by atoms with van der Waals surface area (Å²) >= 11 is 3.18. The van der Waals surface area contributed by atoms with Gasteiger partial charge < -0.3 is 9.47 Å². The third kappa shape index (κ3) is 3.34. The lowest BCUT2D eigenvalue weighted by Crippen LogP contribution is -2.46. The molecule has 0 radical (unpaired) electrons. The summed E-state index contributed by atoms with van der Waals surface area (Å²) in [5.41, 5.74) is 0. The summed E-state index contributed by atoms with van der Waals surface area (Å²) in [6.45, 7) is 2.96. The van der Waals surface area contributed by atoms with Crippen LogP contribution in [0.15, 0.2) is 21.9 Å². The van der Waals surface area contributed by atoms with E-state index in [0.717, 1.165) is 6.21 Å². The summed E-state index contributed by atoms with van der Waals surface area (Å²) in [6, 6.07) is 0. The van der Waals surface area contributed by atoms with E-state index in [-0.39, 0.29) is 5.95 Å². The third-order valence-electron chi connectivity index (χ3n) is 2.15. The van der Waals surface area contributed by atoms with Crippen molar-refractivity contribution < 1.29 is 19.1 Å². The van der Waals surface area contributed by atoms with E-state index >= 15 is 0 Å². The summed E-state index contributed by atoms with van der Waals surface area (Å²) in [4.78, 5) is 34.9. The minimum Gasteiger partial charge on any atom is -0.422 e. The first-order valence-electron chi connectivity index (χ1n) is 5.35. The number of aliphatic imine (C=N–C) groups is 1. The van der Waals surface area contributed by atoms with E-state index in [4.69, 9.17) is 9.47 Å². The SMILES string of the molecule is CC1(C)OC(=O)C(C=Nc2ncc(Br)cn2)C(=O)O1. The predicted molar refractivity (Wildman–Crippen MR) is 67.6 cm³/mol. The molecule has 0 aromatic carbocycles. The Balaban J connectivity index is 2.12. The molecule has 1 saturated heterocycles. The number of rotatable bonds is 2. The zero-order valence-electron chi connectivity index (χ0n) is 10.2. The van der Waals surface area contributed by atoms with Gasteiger partial charge in [0, 0.05) is 32.5 Å². The van der Waals surface area contributed by atoms with Crippen molar-refractivity contribution >= 4 is 40.0 Å². The first-order valence-corrected chi connectivity index (χ1v) is 6.14. The average Bonchev–Trinajstić information content (AvgIpc) is 2.29. The number of halogens is 1. The molecule has 0 spiro atoms. The van der Waals surface area contributed by atoms with E-state index in [0.29, 0.717) is 4.47 Å². The zero-order valence-corrected chi connectivity index (χ0v) is 11.7. The summed E-state index contributed by atoms with van der Waals surface area (Å²) in [6.07, 6.45) is 4.11. The molecule has 7 nitrogen and oxygen atoms in total. The van der Waals surface area contributed by atoms with Gasteiger partial charge in [-0.3, -0.25) is 9.59 Å². The highest BCUT2D eigenvalue weighted by Gasteiger charge is 2.42. The molecule has 1 aliphatic heterocycles. The van der Waals surface area contributed by atoms with Gasteiger partial charge in [-0.25, -0.2) is 15.0 Å². The Hall–Kier alpha value is -1.83. The number of cyclic esters (lactones) is 2. The minimum absolute atomic E-state index is 0.133. The standard InChI is InChI=1S/C11H10BrN3O4/c1-11(2)18-8(16)7(9(17)19-11)5-15-10-13-3-6(12)4-14-10/h3-5,7H,1-2H3. The highest BCUT2D eigenvalue weighted by molar-refractivity contribution is 9.10. The Kier molecular flexibility index (Phi) is 3.61. The van der Waals surface area contributed by atoms with Crippen molar-refractivity contribution in [3.05, 3.63) is 16.9 Å². The van der Waals surface area contributed by atoms with E-state index in [9.17, 15) is 9.59 Å². The lowest BCUT2D eigenvalue weighted by atomic mass is 10.1. The van der Waals surface area contributed by atoms with Gasteiger partial charge in [-0.05, 0) is 15.9 Å². The number of carbonyl (C=O) groups excluding carboxylic acids is 2. The van der Waals surface area contributed by atoms with Crippen LogP contribution < -0.4 is 0 Å². The molecular formula is C11H10BrN3O4. The van der Waals surface area contributed by atoms with Gasteiger partial charge in [0.2, 0.25) is 5.95 Å². The number of hydrogen-bond acceptors (Lipinski definition) is 7. The predicted octanol–water partition coefficient (Wildman–Crippen LogP) is 1.39. The van der Waals surface area contributed by atoms with Gasteiger partial charge in [-0.2, -0.15) is 0 Å². The van der Waals surface area contributed by atoms with Crippen molar-refractivity contribution in [3.63, 3.8) is 0 Å². The Bertz CT molecular complexity index is 521. The monoisotopic (exact) mass is 327 g/mol. The summed E-state index contributed by atoms with van der Waals surface area (Å²) in [5, 5.41) is 0. The number of hydrogen-bond donors (Lipinski definition) is 0. The van der Waals surface area contributed by atoms with Crippen molar-refractivity contribution in [1.29, 1.82) is 0 Å². The van der Waals surface area contributed by atoms with Gasteiger partial charge in [-0.15, -0.1) is 0 Å². The van der Waals surface area contributed by atoms with Gasteiger partial charge in [0.05, 0.1) is 4.47 Å². The molecule has 1 aromatic heterocycles. The third-order valence-corrected chi connectivity index (χ3v) is 2.56. The number of nitrogens with zero attached hydrogens (tertiary/aromatic N) is 3. The van der Waals surface area contributed by atoms with Crippen LogP contribution in [0.3, 0.4) is 0 Å². The highest BCUT2D eigenvalue weighted by Crippen LogP contribution is 2.22. The van der Waals surface area contributed by atoms with Crippen molar-refractivity contribution in [2.45, 2.75) is 19.6 Å². The molecule has 0 unspecified atom stereocenters. The number of carbonyl (C=O) groups is 2. The summed E-state index contributed by atoms with van der Waals surface area (Å²) in [7, 11) is 0. The Labute approximate surface area is 117 Å². The van der Waals surface area contributed by atoms with E-state index in [1.807, 2.05) is 0 Å². The molecule has 0 N–H and O–H groups in total. The van der Waals surface area contributed by atoms with Crippen LogP contribution in [0.1, 0.15) is 13.8 Å². The van der Waals surface area contributed by atoms with E-state index in [1.165, 1.54) is 26.2 Å². The molecule has 1 aliphatic rings. The van der Waals surface area contributed by atoms with Crippen LogP contribution in [0.5, 0.6) is 0 Å². The van der Waals surface area contributed by atoms with Crippen LogP contribution in [0, 0.1) is 5.92 Å². The number of ether oxygens (including phenoxy) is 2. The molecule has 0 amide bonds. The van der Waals surface area contributed by atoms with Crippen molar-refractivity contribution in [1.82, 2.24) is 9.97 Å². The highest BCUT2D eigenvalue weighted by atomic mass is 79.9. The Morgan fingerprint density at radius 3 is 2.32 bits per heavy atom. The van der Waals surface area contributed by atoms with Gasteiger partial charge >= 0.3 is 11.9 Å². The first kappa shape index (κ1) is 13.6. The van der Waals surface area contributed by atoms with Crippen LogP contribution in [0.4, 0.5) is 5.95 Å². The second-order valence-electron chi connectivity index (χ2n) is 4.20. The topological polar surface area (TPSA) is 90.7 Å². The molecule has 8 heteroatoms. The molecule has 1 fully saturated rings. The molecule has 0 bridgehead atoms. The smallest absolute Gasteiger partial charge is 0.329 e. The Morgan fingerprint density at radius 2 is 1.79 bits per heavy atom. The maximum absolute atomic E-state index is 11.6. The van der Waals surface area contributed by atoms with Crippen LogP contribution >= 0.6 is 15.9 Å². The van der Waals surface area contributed by atoms with Crippen LogP contribution in [0.25, 0.3) is 0 Å². The fraction of sp³-hybridized carbons (Fsp3) is 0.364. The number of esters is 2. The fourth-order valence-corrected chi connectivity index (χ4v) is 1.57. The van der Waals surface area contributed by atoms with Gasteiger partial charge in [0.25, 0.3) is 5.79 Å². The first-order chi connectivity index (χ1) is 8.87. The van der Waals surface area contributed by atoms with Crippen LogP contribution in [-0.2, 0) is 19.1 Å². The van der Waals surface area contributed by atoms with Crippen molar-refractivity contribution in [2.24, 2.45) is 10.9 Å². The van der Waals surface area contributed by atoms with Gasteiger partial charge in [0.15, 0.2) is 5.92 Å². The largest absolute Gasteiger partial charge is 0.422 e. The van der Waals surface area contributed by atoms with Crippen LogP contribution in [-0.4, -0.2) is 33.9 Å². The van der Waals surface area contributed by atoms with E-state index in [1.54, 1.807) is 0 Å².